The monoisotopic (exact) mass is 207 g/mol. The van der Waals surface area contributed by atoms with E-state index in [1.165, 1.54) is 51.4 Å². The summed E-state index contributed by atoms with van der Waals surface area (Å²) >= 11 is 0. The third kappa shape index (κ3) is 1.73. The minimum Gasteiger partial charge on any atom is -0.311 e. The summed E-state index contributed by atoms with van der Waals surface area (Å²) in [5, 5.41) is 3.99. The second kappa shape index (κ2) is 4.08. The van der Waals surface area contributed by atoms with Gasteiger partial charge in [0.05, 0.1) is 0 Å². The molecule has 4 unspecified atom stereocenters. The molecule has 3 aliphatic rings. The Balaban J connectivity index is 1.76. The largest absolute Gasteiger partial charge is 0.311 e. The highest BCUT2D eigenvalue weighted by Gasteiger charge is 2.43. The van der Waals surface area contributed by atoms with E-state index in [1.807, 2.05) is 0 Å². The van der Waals surface area contributed by atoms with Crippen LogP contribution >= 0.6 is 0 Å². The number of fused-ring (bicyclic) bond motifs is 2. The number of rotatable bonds is 0. The molecule has 0 bridgehead atoms. The first-order valence-electron chi connectivity index (χ1n) is 7.12. The SMILES string of the molecule is CC1C2CCCCC2NC2CCCCC21. The van der Waals surface area contributed by atoms with Crippen LogP contribution in [-0.2, 0) is 0 Å². The molecule has 0 aromatic carbocycles. The minimum atomic E-state index is 0.882. The molecule has 1 heteroatoms. The average Bonchev–Trinajstić information content (AvgIpc) is 2.30. The van der Waals surface area contributed by atoms with Crippen LogP contribution in [0.5, 0.6) is 0 Å². The highest BCUT2D eigenvalue weighted by atomic mass is 15.0. The van der Waals surface area contributed by atoms with Crippen molar-refractivity contribution in [3.8, 4) is 0 Å². The predicted octanol–water partition coefficient (Wildman–Crippen LogP) is 3.34. The molecule has 2 saturated carbocycles. The highest BCUT2D eigenvalue weighted by molar-refractivity contribution is 4.98. The standard InChI is InChI=1S/C14H25N/c1-10-11-6-2-4-8-13(11)15-14-9-5-3-7-12(10)14/h10-15H,2-9H2,1H3. The van der Waals surface area contributed by atoms with Crippen molar-refractivity contribution in [1.82, 2.24) is 5.32 Å². The molecule has 3 rings (SSSR count). The zero-order valence-electron chi connectivity index (χ0n) is 10.0. The average molecular weight is 207 g/mol. The van der Waals surface area contributed by atoms with Crippen molar-refractivity contribution in [1.29, 1.82) is 0 Å². The lowest BCUT2D eigenvalue weighted by Gasteiger charge is -2.51. The predicted molar refractivity (Wildman–Crippen MR) is 63.8 cm³/mol. The molecule has 86 valence electrons. The first-order chi connectivity index (χ1) is 7.36. The van der Waals surface area contributed by atoms with Crippen molar-refractivity contribution in [2.24, 2.45) is 17.8 Å². The van der Waals surface area contributed by atoms with Gasteiger partial charge >= 0.3 is 0 Å². The molecule has 0 aromatic heterocycles. The second-order valence-electron chi connectivity index (χ2n) is 6.14. The maximum Gasteiger partial charge on any atom is 0.0101 e. The Hall–Kier alpha value is -0.0400. The Morgan fingerprint density at radius 3 is 1.73 bits per heavy atom. The van der Waals surface area contributed by atoms with Gasteiger partial charge in [-0.3, -0.25) is 0 Å². The van der Waals surface area contributed by atoms with Gasteiger partial charge in [0, 0.05) is 12.1 Å². The summed E-state index contributed by atoms with van der Waals surface area (Å²) in [6.45, 7) is 2.55. The van der Waals surface area contributed by atoms with Crippen LogP contribution in [-0.4, -0.2) is 12.1 Å². The minimum absolute atomic E-state index is 0.882. The summed E-state index contributed by atoms with van der Waals surface area (Å²) in [5.41, 5.74) is 0. The van der Waals surface area contributed by atoms with Gasteiger partial charge in [0.1, 0.15) is 0 Å². The first kappa shape index (κ1) is 10.1. The molecule has 1 N–H and O–H groups in total. The van der Waals surface area contributed by atoms with Gasteiger partial charge in [0.15, 0.2) is 0 Å². The zero-order chi connectivity index (χ0) is 10.3. The second-order valence-corrected chi connectivity index (χ2v) is 6.14. The third-order valence-corrected chi connectivity index (χ3v) is 5.42. The van der Waals surface area contributed by atoms with Crippen LogP contribution in [0.2, 0.25) is 0 Å². The van der Waals surface area contributed by atoms with Gasteiger partial charge < -0.3 is 5.32 Å². The molecular formula is C14H25N. The van der Waals surface area contributed by atoms with E-state index in [2.05, 4.69) is 12.2 Å². The molecule has 1 saturated heterocycles. The van der Waals surface area contributed by atoms with Crippen molar-refractivity contribution in [3.05, 3.63) is 0 Å². The fourth-order valence-electron chi connectivity index (χ4n) is 4.58. The van der Waals surface area contributed by atoms with Crippen molar-refractivity contribution >= 4 is 0 Å². The van der Waals surface area contributed by atoms with E-state index in [0.717, 1.165) is 29.8 Å². The molecule has 2 aliphatic carbocycles. The maximum absolute atomic E-state index is 3.99. The van der Waals surface area contributed by atoms with Gasteiger partial charge in [0.25, 0.3) is 0 Å². The summed E-state index contributed by atoms with van der Waals surface area (Å²) in [7, 11) is 0. The lowest BCUT2D eigenvalue weighted by atomic mass is 9.63. The number of hydrogen-bond donors (Lipinski definition) is 1. The van der Waals surface area contributed by atoms with Gasteiger partial charge in [-0.25, -0.2) is 0 Å². The van der Waals surface area contributed by atoms with E-state index in [0.29, 0.717) is 0 Å². The lowest BCUT2D eigenvalue weighted by molar-refractivity contribution is 0.0375. The summed E-state index contributed by atoms with van der Waals surface area (Å²) in [4.78, 5) is 0. The van der Waals surface area contributed by atoms with E-state index in [1.54, 1.807) is 0 Å². The van der Waals surface area contributed by atoms with E-state index in [4.69, 9.17) is 0 Å². The lowest BCUT2D eigenvalue weighted by Crippen LogP contribution is -2.57. The van der Waals surface area contributed by atoms with Crippen LogP contribution in [0.1, 0.15) is 58.3 Å². The normalized spacial score (nSPS) is 50.6. The summed E-state index contributed by atoms with van der Waals surface area (Å²) in [6.07, 6.45) is 11.8. The molecule has 1 aliphatic heterocycles. The molecule has 3 fully saturated rings. The fourth-order valence-corrected chi connectivity index (χ4v) is 4.58. The van der Waals surface area contributed by atoms with Crippen molar-refractivity contribution in [2.45, 2.75) is 70.4 Å². The van der Waals surface area contributed by atoms with Crippen LogP contribution < -0.4 is 5.32 Å². The fraction of sp³-hybridized carbons (Fsp3) is 1.00. The van der Waals surface area contributed by atoms with Crippen LogP contribution in [0, 0.1) is 17.8 Å². The van der Waals surface area contributed by atoms with Gasteiger partial charge in [0.2, 0.25) is 0 Å². The Bertz CT molecular complexity index is 203. The molecule has 0 amide bonds. The summed E-state index contributed by atoms with van der Waals surface area (Å²) in [6, 6.07) is 1.76. The van der Waals surface area contributed by atoms with Crippen LogP contribution in [0.4, 0.5) is 0 Å². The maximum atomic E-state index is 3.99. The first-order valence-corrected chi connectivity index (χ1v) is 7.12. The van der Waals surface area contributed by atoms with Gasteiger partial charge in [-0.15, -0.1) is 0 Å². The Labute approximate surface area is 94.0 Å². The van der Waals surface area contributed by atoms with Crippen LogP contribution in [0.15, 0.2) is 0 Å². The molecule has 0 radical (unpaired) electrons. The molecule has 0 aromatic rings. The Morgan fingerprint density at radius 1 is 0.733 bits per heavy atom. The zero-order valence-corrected chi connectivity index (χ0v) is 10.0. The molecule has 15 heavy (non-hydrogen) atoms. The van der Waals surface area contributed by atoms with Gasteiger partial charge in [-0.1, -0.05) is 32.6 Å². The smallest absolute Gasteiger partial charge is 0.0101 e. The number of hydrogen-bond acceptors (Lipinski definition) is 1. The quantitative estimate of drug-likeness (QED) is 0.642. The highest BCUT2D eigenvalue weighted by Crippen LogP contribution is 2.43. The van der Waals surface area contributed by atoms with Crippen molar-refractivity contribution in [2.75, 3.05) is 0 Å². The van der Waals surface area contributed by atoms with E-state index < -0.39 is 0 Å². The van der Waals surface area contributed by atoms with Crippen LogP contribution in [0.3, 0.4) is 0 Å². The van der Waals surface area contributed by atoms with Crippen molar-refractivity contribution < 1.29 is 0 Å². The summed E-state index contributed by atoms with van der Waals surface area (Å²) < 4.78 is 0. The number of nitrogens with one attached hydrogen (secondary N) is 1. The van der Waals surface area contributed by atoms with E-state index in [-0.39, 0.29) is 0 Å². The molecule has 1 nitrogen and oxygen atoms in total. The van der Waals surface area contributed by atoms with Gasteiger partial charge in [-0.05, 0) is 43.4 Å². The van der Waals surface area contributed by atoms with Crippen molar-refractivity contribution in [3.63, 3.8) is 0 Å². The van der Waals surface area contributed by atoms with E-state index in [9.17, 15) is 0 Å². The molecule has 4 atom stereocenters. The Morgan fingerprint density at radius 2 is 1.20 bits per heavy atom. The van der Waals surface area contributed by atoms with Crippen LogP contribution in [0.25, 0.3) is 0 Å². The van der Waals surface area contributed by atoms with E-state index >= 15 is 0 Å². The number of piperidine rings is 1. The molecular weight excluding hydrogens is 182 g/mol. The Kier molecular flexibility index (Phi) is 2.76. The molecule has 1 heterocycles. The summed E-state index contributed by atoms with van der Waals surface area (Å²) in [5.74, 6) is 3.03. The molecule has 0 spiro atoms. The third-order valence-electron chi connectivity index (χ3n) is 5.42. The van der Waals surface area contributed by atoms with Gasteiger partial charge in [-0.2, -0.15) is 0 Å². The topological polar surface area (TPSA) is 12.0 Å².